The molecular weight excluding hydrogens is 335 g/mol. The van der Waals surface area contributed by atoms with Gasteiger partial charge in [-0.25, -0.2) is 9.38 Å². The Balaban J connectivity index is 1.62. The van der Waals surface area contributed by atoms with Gasteiger partial charge in [-0.2, -0.15) is 5.10 Å². The van der Waals surface area contributed by atoms with E-state index in [1.54, 1.807) is 18.2 Å². The molecule has 1 aromatic heterocycles. The van der Waals surface area contributed by atoms with Crippen molar-refractivity contribution in [3.8, 4) is 0 Å². The Morgan fingerprint density at radius 2 is 2.08 bits per heavy atom. The average molecular weight is 352 g/mol. The van der Waals surface area contributed by atoms with Crippen molar-refractivity contribution in [2.75, 3.05) is 5.75 Å². The summed E-state index contributed by atoms with van der Waals surface area (Å²) in [6.07, 6.45) is 2.99. The Bertz CT molecular complexity index is 990. The minimum absolute atomic E-state index is 0.316. The fourth-order valence-electron chi connectivity index (χ4n) is 2.91. The molecule has 0 fully saturated rings. The molecule has 0 unspecified atom stereocenters. The average Bonchev–Trinajstić information content (AvgIpc) is 3.08. The quantitative estimate of drug-likeness (QED) is 0.724. The van der Waals surface area contributed by atoms with E-state index >= 15 is 0 Å². The fraction of sp³-hybridized carbons (Fsp3) is 0.158. The second-order valence-electron chi connectivity index (χ2n) is 5.72. The zero-order valence-electron chi connectivity index (χ0n) is 13.7. The summed E-state index contributed by atoms with van der Waals surface area (Å²) in [7, 11) is 0. The zero-order valence-corrected chi connectivity index (χ0v) is 14.5. The van der Waals surface area contributed by atoms with Crippen molar-refractivity contribution in [1.82, 2.24) is 10.4 Å². The number of aryl methyl sites for hydroxylation is 1. The lowest BCUT2D eigenvalue weighted by Gasteiger charge is -2.14. The first kappa shape index (κ1) is 15.9. The molecule has 2 aromatic carbocycles. The van der Waals surface area contributed by atoms with Crippen LogP contribution in [0.1, 0.15) is 18.1 Å². The maximum absolute atomic E-state index is 13.7. The van der Waals surface area contributed by atoms with Gasteiger partial charge >= 0.3 is 0 Å². The van der Waals surface area contributed by atoms with Crippen LogP contribution < -0.4 is 5.43 Å². The third kappa shape index (κ3) is 3.05. The van der Waals surface area contributed by atoms with Gasteiger partial charge < -0.3 is 4.98 Å². The lowest BCUT2D eigenvalue weighted by molar-refractivity contribution is 0.630. The predicted octanol–water partition coefficient (Wildman–Crippen LogP) is 4.60. The highest BCUT2D eigenvalue weighted by Gasteiger charge is 2.17. The molecule has 0 radical (unpaired) electrons. The van der Waals surface area contributed by atoms with Crippen LogP contribution in [0.2, 0.25) is 0 Å². The van der Waals surface area contributed by atoms with Gasteiger partial charge in [-0.3, -0.25) is 5.43 Å². The Kier molecular flexibility index (Phi) is 4.28. The third-order valence-electron chi connectivity index (χ3n) is 4.20. The van der Waals surface area contributed by atoms with Gasteiger partial charge in [0, 0.05) is 28.4 Å². The maximum Gasteiger partial charge on any atom is 0.182 e. The molecule has 4 nitrogen and oxygen atoms in total. The first-order chi connectivity index (χ1) is 12.3. The number of H-pyrrole nitrogens is 1. The number of amidine groups is 1. The van der Waals surface area contributed by atoms with Gasteiger partial charge in [-0.05, 0) is 24.1 Å². The summed E-state index contributed by atoms with van der Waals surface area (Å²) in [5.74, 6) is 0.347. The molecule has 6 heteroatoms. The highest BCUT2D eigenvalue weighted by atomic mass is 32.2. The van der Waals surface area contributed by atoms with Gasteiger partial charge in [0.15, 0.2) is 5.17 Å². The molecular formula is C19H17FN4S. The summed E-state index contributed by atoms with van der Waals surface area (Å²) in [5, 5.41) is 6.23. The Morgan fingerprint density at radius 1 is 1.20 bits per heavy atom. The summed E-state index contributed by atoms with van der Waals surface area (Å²) in [6.45, 7) is 2.15. The largest absolute Gasteiger partial charge is 0.360 e. The number of benzene rings is 2. The zero-order chi connectivity index (χ0) is 17.2. The number of fused-ring (bicyclic) bond motifs is 1. The SMILES string of the molecule is CCc1cccc2c(C3=NNC(=Nc4ccccc4F)SC3)c[nH]c12. The van der Waals surface area contributed by atoms with Gasteiger partial charge in [-0.15, -0.1) is 0 Å². The molecule has 0 spiro atoms. The number of thioether (sulfide) groups is 1. The van der Waals surface area contributed by atoms with Gasteiger partial charge in [-0.1, -0.05) is 49.0 Å². The monoisotopic (exact) mass is 352 g/mol. The summed E-state index contributed by atoms with van der Waals surface area (Å²) in [4.78, 5) is 7.67. The minimum atomic E-state index is -0.337. The lowest BCUT2D eigenvalue weighted by atomic mass is 10.1. The number of hydrazone groups is 1. The molecule has 0 saturated heterocycles. The number of rotatable bonds is 3. The van der Waals surface area contributed by atoms with Crippen LogP contribution in [-0.2, 0) is 6.42 Å². The lowest BCUT2D eigenvalue weighted by Crippen LogP contribution is -2.25. The van der Waals surface area contributed by atoms with Crippen LogP contribution in [-0.4, -0.2) is 21.6 Å². The molecule has 2 N–H and O–H groups in total. The van der Waals surface area contributed by atoms with Crippen LogP contribution in [0.5, 0.6) is 0 Å². The molecule has 25 heavy (non-hydrogen) atoms. The van der Waals surface area contributed by atoms with E-state index in [4.69, 9.17) is 0 Å². The van der Waals surface area contributed by atoms with E-state index < -0.39 is 0 Å². The number of nitrogens with one attached hydrogen (secondary N) is 2. The topological polar surface area (TPSA) is 52.5 Å². The molecule has 4 rings (SSSR count). The molecule has 1 aliphatic rings. The number of hydrogen-bond donors (Lipinski definition) is 2. The van der Waals surface area contributed by atoms with Crippen molar-refractivity contribution in [2.45, 2.75) is 13.3 Å². The van der Waals surface area contributed by atoms with Crippen molar-refractivity contribution >= 4 is 39.2 Å². The number of aromatic nitrogens is 1. The van der Waals surface area contributed by atoms with Crippen molar-refractivity contribution in [1.29, 1.82) is 0 Å². The Hall–Kier alpha value is -2.60. The number of halogens is 1. The summed E-state index contributed by atoms with van der Waals surface area (Å²) >= 11 is 1.52. The normalized spacial score (nSPS) is 16.1. The third-order valence-corrected chi connectivity index (χ3v) is 5.07. The number of hydrogen-bond acceptors (Lipinski definition) is 3. The minimum Gasteiger partial charge on any atom is -0.360 e. The van der Waals surface area contributed by atoms with Crippen molar-refractivity contribution in [3.63, 3.8) is 0 Å². The molecule has 3 aromatic rings. The van der Waals surface area contributed by atoms with Gasteiger partial charge in [0.2, 0.25) is 0 Å². The van der Waals surface area contributed by atoms with Crippen LogP contribution in [0.4, 0.5) is 10.1 Å². The number of para-hydroxylation sites is 2. The van der Waals surface area contributed by atoms with E-state index in [1.165, 1.54) is 34.3 Å². The van der Waals surface area contributed by atoms with Crippen LogP contribution in [0.25, 0.3) is 10.9 Å². The van der Waals surface area contributed by atoms with E-state index in [-0.39, 0.29) is 5.82 Å². The van der Waals surface area contributed by atoms with E-state index in [2.05, 4.69) is 45.6 Å². The molecule has 2 heterocycles. The Labute approximate surface area is 149 Å². The molecule has 1 aliphatic heterocycles. The molecule has 0 bridgehead atoms. The Morgan fingerprint density at radius 3 is 2.84 bits per heavy atom. The fourth-order valence-corrected chi connectivity index (χ4v) is 3.68. The predicted molar refractivity (Wildman–Crippen MR) is 103 cm³/mol. The second kappa shape index (κ2) is 6.72. The summed E-state index contributed by atoms with van der Waals surface area (Å²) < 4.78 is 13.7. The van der Waals surface area contributed by atoms with Crippen LogP contribution in [0, 0.1) is 5.82 Å². The summed E-state index contributed by atoms with van der Waals surface area (Å²) in [6, 6.07) is 12.8. The van der Waals surface area contributed by atoms with Crippen LogP contribution >= 0.6 is 11.8 Å². The van der Waals surface area contributed by atoms with Crippen LogP contribution in [0.3, 0.4) is 0 Å². The smallest absolute Gasteiger partial charge is 0.182 e. The molecule has 0 aliphatic carbocycles. The highest BCUT2D eigenvalue weighted by Crippen LogP contribution is 2.26. The van der Waals surface area contributed by atoms with Crippen molar-refractivity contribution in [2.24, 2.45) is 10.1 Å². The molecule has 0 atom stereocenters. The number of aromatic amines is 1. The van der Waals surface area contributed by atoms with Crippen molar-refractivity contribution < 1.29 is 4.39 Å². The standard InChI is InChI=1S/C19H17FN4S/c1-2-12-6-5-7-13-14(10-21-18(12)13)17-11-25-19(24-23-17)22-16-9-4-3-8-15(16)20/h3-10,21H,2,11H2,1H3,(H,22,24). The molecule has 0 amide bonds. The van der Waals surface area contributed by atoms with E-state index in [1.807, 2.05) is 6.20 Å². The second-order valence-corrected chi connectivity index (χ2v) is 6.69. The van der Waals surface area contributed by atoms with E-state index in [0.29, 0.717) is 16.6 Å². The van der Waals surface area contributed by atoms with E-state index in [0.717, 1.165) is 17.7 Å². The number of aliphatic imine (C=N–C) groups is 1. The van der Waals surface area contributed by atoms with E-state index in [9.17, 15) is 4.39 Å². The first-order valence-electron chi connectivity index (χ1n) is 8.14. The van der Waals surface area contributed by atoms with Gasteiger partial charge in [0.1, 0.15) is 11.5 Å². The highest BCUT2D eigenvalue weighted by molar-refractivity contribution is 8.14. The van der Waals surface area contributed by atoms with Gasteiger partial charge in [0.05, 0.1) is 5.71 Å². The number of nitrogens with zero attached hydrogens (tertiary/aromatic N) is 2. The maximum atomic E-state index is 13.7. The summed E-state index contributed by atoms with van der Waals surface area (Å²) in [5.41, 5.74) is 7.77. The molecule has 0 saturated carbocycles. The van der Waals surface area contributed by atoms with Gasteiger partial charge in [0.25, 0.3) is 0 Å². The molecule has 126 valence electrons. The first-order valence-corrected chi connectivity index (χ1v) is 9.12. The van der Waals surface area contributed by atoms with Crippen molar-refractivity contribution in [3.05, 3.63) is 65.6 Å². The van der Waals surface area contributed by atoms with Crippen LogP contribution in [0.15, 0.2) is 58.8 Å².